The van der Waals surface area contributed by atoms with E-state index in [2.05, 4.69) is 20.2 Å². The molecule has 2 aliphatic rings. The predicted octanol–water partition coefficient (Wildman–Crippen LogP) is 1.67. The van der Waals surface area contributed by atoms with Gasteiger partial charge < -0.3 is 20.1 Å². The monoisotopic (exact) mass is 306 g/mol. The van der Waals surface area contributed by atoms with Gasteiger partial charge in [-0.25, -0.2) is 9.97 Å². The van der Waals surface area contributed by atoms with E-state index in [1.807, 2.05) is 6.07 Å². The highest BCUT2D eigenvalue weighted by Gasteiger charge is 2.25. The van der Waals surface area contributed by atoms with Crippen LogP contribution in [-0.2, 0) is 4.74 Å². The van der Waals surface area contributed by atoms with Crippen LogP contribution in [0.25, 0.3) is 0 Å². The first-order chi connectivity index (χ1) is 10.9. The number of hydrogen-bond donors (Lipinski definition) is 2. The molecule has 22 heavy (non-hydrogen) atoms. The molecule has 0 bridgehead atoms. The molecule has 1 aromatic heterocycles. The molecule has 6 nitrogen and oxygen atoms in total. The summed E-state index contributed by atoms with van der Waals surface area (Å²) in [6, 6.07) is 2.16. The average molecular weight is 306 g/mol. The van der Waals surface area contributed by atoms with E-state index in [9.17, 15) is 5.11 Å². The Kier molecular flexibility index (Phi) is 5.45. The van der Waals surface area contributed by atoms with E-state index in [1.165, 1.54) is 12.8 Å². The zero-order chi connectivity index (χ0) is 15.2. The Morgan fingerprint density at radius 2 is 2.23 bits per heavy atom. The first kappa shape index (κ1) is 15.5. The second-order valence-electron chi connectivity index (χ2n) is 6.23. The van der Waals surface area contributed by atoms with Crippen molar-refractivity contribution in [3.8, 4) is 0 Å². The molecule has 1 aliphatic heterocycles. The molecule has 6 heteroatoms. The number of aliphatic hydroxyl groups excluding tert-OH is 1. The molecule has 0 spiro atoms. The third-order valence-electron chi connectivity index (χ3n) is 4.36. The molecular weight excluding hydrogens is 280 g/mol. The first-order valence-corrected chi connectivity index (χ1v) is 8.38. The van der Waals surface area contributed by atoms with E-state index < -0.39 is 0 Å². The normalized spacial score (nSPS) is 21.3. The summed E-state index contributed by atoms with van der Waals surface area (Å²) in [6.45, 7) is 3.72. The van der Waals surface area contributed by atoms with E-state index >= 15 is 0 Å². The summed E-state index contributed by atoms with van der Waals surface area (Å²) >= 11 is 0. The third kappa shape index (κ3) is 4.30. The van der Waals surface area contributed by atoms with Crippen molar-refractivity contribution in [1.29, 1.82) is 0 Å². The SMILES string of the molecule is OC[C@H]1CCCN1c1cc(NCCCOCC2CC2)ncn1. The topological polar surface area (TPSA) is 70.5 Å². The van der Waals surface area contributed by atoms with Crippen LogP contribution in [0.2, 0.25) is 0 Å². The van der Waals surface area contributed by atoms with Crippen LogP contribution < -0.4 is 10.2 Å². The Labute approximate surface area is 131 Å². The van der Waals surface area contributed by atoms with Gasteiger partial charge in [0.05, 0.1) is 12.6 Å². The third-order valence-corrected chi connectivity index (χ3v) is 4.36. The highest BCUT2D eigenvalue weighted by atomic mass is 16.5. The number of ether oxygens (including phenoxy) is 1. The summed E-state index contributed by atoms with van der Waals surface area (Å²) < 4.78 is 5.62. The maximum atomic E-state index is 9.42. The molecule has 1 saturated heterocycles. The fraction of sp³-hybridized carbons (Fsp3) is 0.750. The van der Waals surface area contributed by atoms with Gasteiger partial charge in [-0.2, -0.15) is 0 Å². The van der Waals surface area contributed by atoms with E-state index in [0.29, 0.717) is 0 Å². The summed E-state index contributed by atoms with van der Waals surface area (Å²) in [5, 5.41) is 12.7. The second-order valence-corrected chi connectivity index (χ2v) is 6.23. The molecule has 2 heterocycles. The van der Waals surface area contributed by atoms with Crippen molar-refractivity contribution in [2.45, 2.75) is 38.1 Å². The number of rotatable bonds is 9. The van der Waals surface area contributed by atoms with Crippen molar-refractivity contribution >= 4 is 11.6 Å². The lowest BCUT2D eigenvalue weighted by Gasteiger charge is -2.24. The maximum Gasteiger partial charge on any atom is 0.134 e. The molecule has 0 aromatic carbocycles. The predicted molar refractivity (Wildman–Crippen MR) is 86.1 cm³/mol. The Bertz CT molecular complexity index is 467. The average Bonchev–Trinajstić information content (AvgIpc) is 3.25. The van der Waals surface area contributed by atoms with E-state index in [1.54, 1.807) is 6.33 Å². The molecule has 3 rings (SSSR count). The van der Waals surface area contributed by atoms with Gasteiger partial charge in [-0.15, -0.1) is 0 Å². The minimum atomic E-state index is 0.186. The van der Waals surface area contributed by atoms with Crippen molar-refractivity contribution < 1.29 is 9.84 Å². The number of nitrogens with zero attached hydrogens (tertiary/aromatic N) is 3. The molecule has 1 aliphatic carbocycles. The van der Waals surface area contributed by atoms with Gasteiger partial charge in [0.1, 0.15) is 18.0 Å². The van der Waals surface area contributed by atoms with Gasteiger partial charge in [0, 0.05) is 32.4 Å². The van der Waals surface area contributed by atoms with Crippen LogP contribution in [0, 0.1) is 5.92 Å². The van der Waals surface area contributed by atoms with Crippen LogP contribution in [-0.4, -0.2) is 54.0 Å². The number of aliphatic hydroxyl groups is 1. The van der Waals surface area contributed by atoms with Crippen LogP contribution in [0.15, 0.2) is 12.4 Å². The van der Waals surface area contributed by atoms with E-state index in [0.717, 1.165) is 63.1 Å². The Morgan fingerprint density at radius 1 is 1.32 bits per heavy atom. The quantitative estimate of drug-likeness (QED) is 0.676. The lowest BCUT2D eigenvalue weighted by atomic mass is 10.2. The lowest BCUT2D eigenvalue weighted by Crippen LogP contribution is -2.32. The summed E-state index contributed by atoms with van der Waals surface area (Å²) in [5.74, 6) is 2.58. The Balaban J connectivity index is 1.42. The second kappa shape index (κ2) is 7.74. The van der Waals surface area contributed by atoms with Crippen molar-refractivity contribution in [3.05, 3.63) is 12.4 Å². The largest absolute Gasteiger partial charge is 0.394 e. The van der Waals surface area contributed by atoms with E-state index in [-0.39, 0.29) is 12.6 Å². The summed E-state index contributed by atoms with van der Waals surface area (Å²) in [5.41, 5.74) is 0. The molecule has 0 radical (unpaired) electrons. The van der Waals surface area contributed by atoms with Gasteiger partial charge in [-0.1, -0.05) is 0 Å². The van der Waals surface area contributed by atoms with Crippen LogP contribution in [0.1, 0.15) is 32.1 Å². The van der Waals surface area contributed by atoms with E-state index in [4.69, 9.17) is 4.74 Å². The van der Waals surface area contributed by atoms with Gasteiger partial charge in [-0.3, -0.25) is 0 Å². The van der Waals surface area contributed by atoms with Crippen LogP contribution in [0.3, 0.4) is 0 Å². The number of hydrogen-bond acceptors (Lipinski definition) is 6. The fourth-order valence-electron chi connectivity index (χ4n) is 2.85. The van der Waals surface area contributed by atoms with Crippen molar-refractivity contribution in [2.75, 3.05) is 43.1 Å². The van der Waals surface area contributed by atoms with Crippen molar-refractivity contribution in [1.82, 2.24) is 9.97 Å². The molecule has 1 aromatic rings. The molecule has 0 unspecified atom stereocenters. The molecule has 2 fully saturated rings. The van der Waals surface area contributed by atoms with Gasteiger partial charge in [-0.05, 0) is 38.0 Å². The zero-order valence-electron chi connectivity index (χ0n) is 13.1. The zero-order valence-corrected chi connectivity index (χ0v) is 13.1. The van der Waals surface area contributed by atoms with Gasteiger partial charge >= 0.3 is 0 Å². The van der Waals surface area contributed by atoms with Crippen molar-refractivity contribution in [2.24, 2.45) is 5.92 Å². The van der Waals surface area contributed by atoms with Crippen LogP contribution in [0.4, 0.5) is 11.6 Å². The number of nitrogens with one attached hydrogen (secondary N) is 1. The molecular formula is C16H26N4O2. The first-order valence-electron chi connectivity index (χ1n) is 8.38. The molecule has 122 valence electrons. The molecule has 1 atom stereocenters. The fourth-order valence-corrected chi connectivity index (χ4v) is 2.85. The summed E-state index contributed by atoms with van der Waals surface area (Å²) in [7, 11) is 0. The smallest absolute Gasteiger partial charge is 0.134 e. The molecule has 0 amide bonds. The summed E-state index contributed by atoms with van der Waals surface area (Å²) in [4.78, 5) is 10.8. The van der Waals surface area contributed by atoms with Crippen molar-refractivity contribution in [3.63, 3.8) is 0 Å². The number of anilines is 2. The van der Waals surface area contributed by atoms with Gasteiger partial charge in [0.2, 0.25) is 0 Å². The molecule has 2 N–H and O–H groups in total. The lowest BCUT2D eigenvalue weighted by molar-refractivity contribution is 0.124. The van der Waals surface area contributed by atoms with Crippen LogP contribution in [0.5, 0.6) is 0 Å². The van der Waals surface area contributed by atoms with Gasteiger partial charge in [0.15, 0.2) is 0 Å². The number of aromatic nitrogens is 2. The minimum Gasteiger partial charge on any atom is -0.394 e. The Morgan fingerprint density at radius 3 is 3.05 bits per heavy atom. The highest BCUT2D eigenvalue weighted by Crippen LogP contribution is 2.28. The minimum absolute atomic E-state index is 0.186. The van der Waals surface area contributed by atoms with Crippen LogP contribution >= 0.6 is 0 Å². The maximum absolute atomic E-state index is 9.42. The standard InChI is InChI=1S/C16H26N4O2/c21-10-14-3-1-7-20(14)16-9-15(18-12-19-16)17-6-2-8-22-11-13-4-5-13/h9,12-14,21H,1-8,10-11H2,(H,17,18,19)/t14-/m1/s1. The summed E-state index contributed by atoms with van der Waals surface area (Å²) in [6.07, 6.45) is 7.39. The van der Waals surface area contributed by atoms with Gasteiger partial charge in [0.25, 0.3) is 0 Å². The molecule has 1 saturated carbocycles. The highest BCUT2D eigenvalue weighted by molar-refractivity contribution is 5.49. The Hall–Kier alpha value is -1.40.